The molecule has 22 heavy (non-hydrogen) atoms. The Morgan fingerprint density at radius 1 is 1.05 bits per heavy atom. The molecule has 0 radical (unpaired) electrons. The molecule has 2 heterocycles. The van der Waals surface area contributed by atoms with Crippen LogP contribution in [0, 0.1) is 11.8 Å². The topological polar surface area (TPSA) is 15.3 Å². The Labute approximate surface area is 135 Å². The highest BCUT2D eigenvalue weighted by Crippen LogP contribution is 2.47. The van der Waals surface area contributed by atoms with Gasteiger partial charge in [0.05, 0.1) is 0 Å². The molecule has 2 aliphatic heterocycles. The lowest BCUT2D eigenvalue weighted by Crippen LogP contribution is -2.50. The summed E-state index contributed by atoms with van der Waals surface area (Å²) in [6, 6.07) is 9.93. The molecule has 1 saturated heterocycles. The fourth-order valence-corrected chi connectivity index (χ4v) is 6.04. The van der Waals surface area contributed by atoms with E-state index in [4.69, 9.17) is 0 Å². The van der Waals surface area contributed by atoms with Crippen LogP contribution in [-0.2, 0) is 5.41 Å². The van der Waals surface area contributed by atoms with Gasteiger partial charge in [-0.25, -0.2) is 0 Å². The number of benzene rings is 1. The van der Waals surface area contributed by atoms with Crippen LogP contribution in [-0.4, -0.2) is 30.6 Å². The number of para-hydroxylation sites is 1. The van der Waals surface area contributed by atoms with E-state index in [2.05, 4.69) is 34.5 Å². The van der Waals surface area contributed by atoms with E-state index in [0.717, 1.165) is 24.4 Å². The van der Waals surface area contributed by atoms with E-state index in [1.807, 2.05) is 0 Å². The number of piperidine rings is 1. The fourth-order valence-electron chi connectivity index (χ4n) is 6.04. The van der Waals surface area contributed by atoms with Gasteiger partial charge in [-0.2, -0.15) is 0 Å². The molecule has 0 amide bonds. The molecule has 2 saturated carbocycles. The Kier molecular flexibility index (Phi) is 3.04. The molecular weight excluding hydrogens is 268 g/mol. The Morgan fingerprint density at radius 2 is 1.86 bits per heavy atom. The average molecular weight is 298 g/mol. The summed E-state index contributed by atoms with van der Waals surface area (Å²) < 4.78 is 0. The fraction of sp³-hybridized carbons (Fsp3) is 0.700. The van der Waals surface area contributed by atoms with Gasteiger partial charge in [0.15, 0.2) is 0 Å². The van der Waals surface area contributed by atoms with Crippen LogP contribution in [0.15, 0.2) is 24.3 Å². The molecule has 3 atom stereocenters. The summed E-state index contributed by atoms with van der Waals surface area (Å²) in [4.78, 5) is 2.87. The first-order valence-electron chi connectivity index (χ1n) is 9.42. The van der Waals surface area contributed by atoms with E-state index in [-0.39, 0.29) is 1.43 Å². The lowest BCUT2D eigenvalue weighted by atomic mass is 9.73. The number of hydrogen-bond donors (Lipinski definition) is 1. The first-order chi connectivity index (χ1) is 10.8. The van der Waals surface area contributed by atoms with Gasteiger partial charge in [0.2, 0.25) is 0 Å². The van der Waals surface area contributed by atoms with Gasteiger partial charge in [-0.3, -0.25) is 0 Å². The van der Waals surface area contributed by atoms with Crippen molar-refractivity contribution in [2.75, 3.05) is 25.0 Å². The molecule has 2 heteroatoms. The van der Waals surface area contributed by atoms with Crippen LogP contribution in [0.3, 0.4) is 0 Å². The van der Waals surface area contributed by atoms with Crippen molar-refractivity contribution in [1.82, 2.24) is 4.90 Å². The number of nitrogens with zero attached hydrogens (tertiary/aromatic N) is 1. The van der Waals surface area contributed by atoms with E-state index in [9.17, 15) is 0 Å². The molecule has 2 aliphatic carbocycles. The highest BCUT2D eigenvalue weighted by molar-refractivity contribution is 5.60. The minimum Gasteiger partial charge on any atom is -0.384 e. The maximum absolute atomic E-state index is 3.66. The van der Waals surface area contributed by atoms with Crippen LogP contribution in [0.2, 0.25) is 0 Å². The van der Waals surface area contributed by atoms with Gasteiger partial charge in [-0.15, -0.1) is 0 Å². The van der Waals surface area contributed by atoms with Crippen LogP contribution >= 0.6 is 0 Å². The third-order valence-corrected chi connectivity index (χ3v) is 7.34. The first-order valence-corrected chi connectivity index (χ1v) is 9.42. The quantitative estimate of drug-likeness (QED) is 0.833. The van der Waals surface area contributed by atoms with E-state index in [1.54, 1.807) is 5.56 Å². The standard InChI is InChI=1S/C20H28N2.H2/c1-2-4-18-17(3-1)20(14-21-18)9-11-22(12-10-20)19-8-6-15-5-7-16(19)13-15;/h1-4,15-16,19,21H,5-14H2;1H. The molecule has 4 aliphatic rings. The highest BCUT2D eigenvalue weighted by atomic mass is 15.2. The summed E-state index contributed by atoms with van der Waals surface area (Å²) in [5.74, 6) is 2.12. The second kappa shape index (κ2) is 4.99. The Hall–Kier alpha value is -1.02. The SMILES string of the molecule is [HH].c1ccc2c(c1)NCC21CCN(C2CCC3CCC2C3)CC1. The normalized spacial score (nSPS) is 36.3. The minimum absolute atomic E-state index is 0. The summed E-state index contributed by atoms with van der Waals surface area (Å²) in [7, 11) is 0. The van der Waals surface area contributed by atoms with Crippen LogP contribution in [0.5, 0.6) is 0 Å². The van der Waals surface area contributed by atoms with Crippen molar-refractivity contribution in [3.8, 4) is 0 Å². The maximum Gasteiger partial charge on any atom is 0.0379 e. The van der Waals surface area contributed by atoms with Crippen molar-refractivity contribution in [3.05, 3.63) is 29.8 Å². The summed E-state index contributed by atoms with van der Waals surface area (Å²) in [6.07, 6.45) is 10.3. The van der Waals surface area contributed by atoms with Gasteiger partial charge in [0.25, 0.3) is 0 Å². The maximum atomic E-state index is 3.66. The number of rotatable bonds is 1. The molecule has 3 fully saturated rings. The van der Waals surface area contributed by atoms with Gasteiger partial charge >= 0.3 is 0 Å². The number of fused-ring (bicyclic) bond motifs is 4. The smallest absolute Gasteiger partial charge is 0.0379 e. The third-order valence-electron chi connectivity index (χ3n) is 7.34. The van der Waals surface area contributed by atoms with Crippen LogP contribution in [0.4, 0.5) is 5.69 Å². The molecule has 5 rings (SSSR count). The summed E-state index contributed by atoms with van der Waals surface area (Å²) in [5, 5.41) is 3.66. The zero-order valence-electron chi connectivity index (χ0n) is 13.6. The second-order valence-electron chi connectivity index (χ2n) is 8.30. The van der Waals surface area contributed by atoms with Gasteiger partial charge in [0.1, 0.15) is 0 Å². The third kappa shape index (κ3) is 1.96. The molecule has 2 bridgehead atoms. The number of anilines is 1. The van der Waals surface area contributed by atoms with E-state index in [0.29, 0.717) is 5.41 Å². The monoisotopic (exact) mass is 298 g/mol. The zero-order valence-corrected chi connectivity index (χ0v) is 13.6. The molecule has 120 valence electrons. The lowest BCUT2D eigenvalue weighted by molar-refractivity contribution is 0.0668. The van der Waals surface area contributed by atoms with E-state index >= 15 is 0 Å². The Balaban J connectivity index is 0.00000135. The predicted molar refractivity (Wildman–Crippen MR) is 93.4 cm³/mol. The van der Waals surface area contributed by atoms with E-state index < -0.39 is 0 Å². The van der Waals surface area contributed by atoms with Crippen LogP contribution in [0.25, 0.3) is 0 Å². The Bertz CT molecular complexity index is 565. The second-order valence-corrected chi connectivity index (χ2v) is 8.30. The van der Waals surface area contributed by atoms with Gasteiger partial charge in [0, 0.05) is 25.1 Å². The molecule has 2 nitrogen and oxygen atoms in total. The molecule has 0 aromatic heterocycles. The van der Waals surface area contributed by atoms with Crippen molar-refractivity contribution in [3.63, 3.8) is 0 Å². The molecular formula is C20H30N2. The van der Waals surface area contributed by atoms with Gasteiger partial charge in [-0.1, -0.05) is 24.6 Å². The molecule has 1 aromatic rings. The molecule has 1 aromatic carbocycles. The Morgan fingerprint density at radius 3 is 2.77 bits per heavy atom. The largest absolute Gasteiger partial charge is 0.384 e. The van der Waals surface area contributed by atoms with Crippen LogP contribution in [0.1, 0.15) is 51.9 Å². The predicted octanol–water partition coefficient (Wildman–Crippen LogP) is 4.27. The van der Waals surface area contributed by atoms with Crippen molar-refractivity contribution >= 4 is 5.69 Å². The van der Waals surface area contributed by atoms with Crippen molar-refractivity contribution in [2.24, 2.45) is 11.8 Å². The first kappa shape index (κ1) is 13.4. The molecule has 1 N–H and O–H groups in total. The lowest BCUT2D eigenvalue weighted by Gasteiger charge is -2.45. The molecule has 1 spiro atoms. The minimum atomic E-state index is 0. The van der Waals surface area contributed by atoms with Gasteiger partial charge < -0.3 is 10.2 Å². The number of likely N-dealkylation sites (tertiary alicyclic amines) is 1. The van der Waals surface area contributed by atoms with Crippen molar-refractivity contribution in [1.29, 1.82) is 0 Å². The van der Waals surface area contributed by atoms with Crippen LogP contribution < -0.4 is 5.32 Å². The van der Waals surface area contributed by atoms with E-state index in [1.165, 1.54) is 63.7 Å². The number of hydrogen-bond acceptors (Lipinski definition) is 2. The highest BCUT2D eigenvalue weighted by Gasteiger charge is 2.45. The summed E-state index contributed by atoms with van der Waals surface area (Å²) in [6.45, 7) is 3.81. The average Bonchev–Trinajstić information content (AvgIpc) is 3.12. The van der Waals surface area contributed by atoms with Gasteiger partial charge in [-0.05, 0) is 75.1 Å². The molecule has 3 unspecified atom stereocenters. The number of nitrogens with one attached hydrogen (secondary N) is 1. The summed E-state index contributed by atoms with van der Waals surface area (Å²) >= 11 is 0. The van der Waals surface area contributed by atoms with Crippen molar-refractivity contribution < 1.29 is 1.43 Å². The zero-order chi connectivity index (χ0) is 14.6. The summed E-state index contributed by atoms with van der Waals surface area (Å²) in [5.41, 5.74) is 3.42. The van der Waals surface area contributed by atoms with Crippen molar-refractivity contribution in [2.45, 2.75) is 56.4 Å².